The van der Waals surface area contributed by atoms with Gasteiger partial charge in [-0.05, 0) is 42.9 Å². The van der Waals surface area contributed by atoms with E-state index < -0.39 is 0 Å². The Balaban J connectivity index is 1.69. The quantitative estimate of drug-likeness (QED) is 0.836. The molecule has 0 unspecified atom stereocenters. The molecule has 2 heterocycles. The molecule has 2 amide bonds. The van der Waals surface area contributed by atoms with Gasteiger partial charge in [0.15, 0.2) is 0 Å². The minimum atomic E-state index is -0.192. The Kier molecular flexibility index (Phi) is 5.94. The van der Waals surface area contributed by atoms with E-state index in [1.165, 1.54) is 12.1 Å². The lowest BCUT2D eigenvalue weighted by Gasteiger charge is -2.35. The molecule has 0 aromatic heterocycles. The molecular formula is C20H30FN3O. The summed E-state index contributed by atoms with van der Waals surface area (Å²) in [5.74, 6) is 0.273. The van der Waals surface area contributed by atoms with Crippen LogP contribution in [0, 0.1) is 11.7 Å². The third kappa shape index (κ3) is 4.51. The molecule has 2 saturated heterocycles. The maximum absolute atomic E-state index is 13.2. The molecule has 0 spiro atoms. The lowest BCUT2D eigenvalue weighted by atomic mass is 10.0. The average Bonchev–Trinajstić information content (AvgIpc) is 3.04. The van der Waals surface area contributed by atoms with Crippen LogP contribution in [0.5, 0.6) is 0 Å². The minimum absolute atomic E-state index is 0.192. The number of benzene rings is 1. The molecule has 1 atom stereocenters. The molecule has 5 heteroatoms. The second kappa shape index (κ2) is 8.17. The summed E-state index contributed by atoms with van der Waals surface area (Å²) in [4.78, 5) is 19.3. The van der Waals surface area contributed by atoms with Gasteiger partial charge < -0.3 is 9.80 Å². The Morgan fingerprint density at radius 3 is 2.32 bits per heavy atom. The van der Waals surface area contributed by atoms with E-state index in [1.54, 1.807) is 0 Å². The first-order valence-corrected chi connectivity index (χ1v) is 9.57. The number of carbonyl (C=O) groups is 1. The Hall–Kier alpha value is -1.62. The van der Waals surface area contributed by atoms with Crippen molar-refractivity contribution in [1.82, 2.24) is 14.7 Å². The van der Waals surface area contributed by atoms with Crippen LogP contribution in [0.15, 0.2) is 24.3 Å². The number of likely N-dealkylation sites (tertiary alicyclic amines) is 1. The van der Waals surface area contributed by atoms with Crippen molar-refractivity contribution in [2.24, 2.45) is 5.92 Å². The summed E-state index contributed by atoms with van der Waals surface area (Å²) in [6.45, 7) is 9.67. The minimum Gasteiger partial charge on any atom is -0.325 e. The number of carbonyl (C=O) groups excluding carboxylic acids is 1. The Morgan fingerprint density at radius 1 is 1.04 bits per heavy atom. The molecule has 0 N–H and O–H groups in total. The van der Waals surface area contributed by atoms with Gasteiger partial charge in [0.05, 0.1) is 0 Å². The molecule has 25 heavy (non-hydrogen) atoms. The van der Waals surface area contributed by atoms with Crippen molar-refractivity contribution in [1.29, 1.82) is 0 Å². The maximum Gasteiger partial charge on any atom is 0.320 e. The van der Waals surface area contributed by atoms with Crippen molar-refractivity contribution in [3.05, 3.63) is 35.6 Å². The van der Waals surface area contributed by atoms with Crippen LogP contribution >= 0.6 is 0 Å². The molecule has 3 rings (SSSR count). The second-order valence-corrected chi connectivity index (χ2v) is 7.68. The summed E-state index contributed by atoms with van der Waals surface area (Å²) in [5, 5.41) is 0. The highest BCUT2D eigenvalue weighted by molar-refractivity contribution is 5.74. The summed E-state index contributed by atoms with van der Waals surface area (Å²) in [5.41, 5.74) is 1.13. The first-order valence-electron chi connectivity index (χ1n) is 9.57. The zero-order valence-corrected chi connectivity index (χ0v) is 15.5. The number of rotatable bonds is 3. The Morgan fingerprint density at radius 2 is 1.68 bits per heavy atom. The van der Waals surface area contributed by atoms with Crippen molar-refractivity contribution in [3.63, 3.8) is 0 Å². The molecule has 138 valence electrons. The van der Waals surface area contributed by atoms with Crippen LogP contribution in [0.2, 0.25) is 0 Å². The first kappa shape index (κ1) is 18.2. The van der Waals surface area contributed by atoms with Gasteiger partial charge in [0.25, 0.3) is 0 Å². The van der Waals surface area contributed by atoms with E-state index in [4.69, 9.17) is 0 Å². The van der Waals surface area contributed by atoms with Gasteiger partial charge in [-0.2, -0.15) is 0 Å². The van der Waals surface area contributed by atoms with Crippen LogP contribution in [0.25, 0.3) is 0 Å². The van der Waals surface area contributed by atoms with Crippen molar-refractivity contribution in [3.8, 4) is 0 Å². The fraction of sp³-hybridized carbons (Fsp3) is 0.650. The number of hydrogen-bond acceptors (Lipinski definition) is 2. The van der Waals surface area contributed by atoms with Crippen LogP contribution in [0.3, 0.4) is 0 Å². The zero-order valence-electron chi connectivity index (χ0n) is 15.5. The second-order valence-electron chi connectivity index (χ2n) is 7.68. The van der Waals surface area contributed by atoms with Gasteiger partial charge in [-0.15, -0.1) is 0 Å². The highest BCUT2D eigenvalue weighted by Crippen LogP contribution is 2.22. The fourth-order valence-electron chi connectivity index (χ4n) is 4.00. The van der Waals surface area contributed by atoms with Crippen LogP contribution in [-0.4, -0.2) is 59.5 Å². The highest BCUT2D eigenvalue weighted by atomic mass is 19.1. The summed E-state index contributed by atoms with van der Waals surface area (Å²) >= 11 is 0. The molecule has 0 aliphatic carbocycles. The highest BCUT2D eigenvalue weighted by Gasteiger charge is 2.32. The molecule has 2 aliphatic heterocycles. The lowest BCUT2D eigenvalue weighted by Crippen LogP contribution is -2.48. The van der Waals surface area contributed by atoms with Gasteiger partial charge in [-0.3, -0.25) is 4.90 Å². The van der Waals surface area contributed by atoms with Crippen LogP contribution in [0.1, 0.15) is 38.7 Å². The molecule has 4 nitrogen and oxygen atoms in total. The maximum atomic E-state index is 13.2. The zero-order chi connectivity index (χ0) is 17.8. The predicted molar refractivity (Wildman–Crippen MR) is 97.8 cm³/mol. The number of hydrogen-bond donors (Lipinski definition) is 0. The van der Waals surface area contributed by atoms with E-state index in [-0.39, 0.29) is 11.8 Å². The molecule has 2 fully saturated rings. The normalized spacial score (nSPS) is 22.5. The number of halogens is 1. The third-order valence-electron chi connectivity index (χ3n) is 5.47. The number of nitrogens with zero attached hydrogens (tertiary/aromatic N) is 3. The van der Waals surface area contributed by atoms with E-state index in [9.17, 15) is 9.18 Å². The van der Waals surface area contributed by atoms with Gasteiger partial charge >= 0.3 is 6.03 Å². The van der Waals surface area contributed by atoms with Gasteiger partial charge in [0.2, 0.25) is 0 Å². The summed E-state index contributed by atoms with van der Waals surface area (Å²) < 4.78 is 13.2. The van der Waals surface area contributed by atoms with Crippen molar-refractivity contribution in [2.75, 3.05) is 32.7 Å². The van der Waals surface area contributed by atoms with Crippen LogP contribution in [0.4, 0.5) is 9.18 Å². The number of urea groups is 1. The molecule has 2 aliphatic rings. The topological polar surface area (TPSA) is 26.8 Å². The standard InChI is InChI=1S/C20H30FN3O/c1-16(2)19-15-24(20(25)22-10-3-4-11-22)13-5-12-23(19)14-17-6-8-18(21)9-7-17/h6-9,16,19H,3-5,10-15H2,1-2H3/t19-/m0/s1. The first-order chi connectivity index (χ1) is 12.0. The number of amides is 2. The Labute approximate surface area is 150 Å². The van der Waals surface area contributed by atoms with Gasteiger partial charge in [-0.1, -0.05) is 26.0 Å². The summed E-state index contributed by atoms with van der Waals surface area (Å²) in [7, 11) is 0. The SMILES string of the molecule is CC(C)[C@@H]1CN(C(=O)N2CCCC2)CCCN1Cc1ccc(F)cc1. The smallest absolute Gasteiger partial charge is 0.320 e. The van der Waals surface area contributed by atoms with Gasteiger partial charge in [0.1, 0.15) is 5.82 Å². The molecule has 1 aromatic rings. The molecule has 0 saturated carbocycles. The lowest BCUT2D eigenvalue weighted by molar-refractivity contribution is 0.124. The van der Waals surface area contributed by atoms with E-state index in [2.05, 4.69) is 23.6 Å². The van der Waals surface area contributed by atoms with Gasteiger partial charge in [0, 0.05) is 45.3 Å². The fourth-order valence-corrected chi connectivity index (χ4v) is 4.00. The van der Waals surface area contributed by atoms with Crippen molar-refractivity contribution < 1.29 is 9.18 Å². The Bertz CT molecular complexity index is 569. The summed E-state index contributed by atoms with van der Waals surface area (Å²) in [6.07, 6.45) is 3.25. The van der Waals surface area contributed by atoms with Crippen molar-refractivity contribution >= 4 is 6.03 Å². The predicted octanol–water partition coefficient (Wildman–Crippen LogP) is 3.57. The molecule has 0 bridgehead atoms. The van der Waals surface area contributed by atoms with Gasteiger partial charge in [-0.25, -0.2) is 9.18 Å². The van der Waals surface area contributed by atoms with E-state index in [0.717, 1.165) is 64.1 Å². The van der Waals surface area contributed by atoms with Crippen LogP contribution in [-0.2, 0) is 6.54 Å². The molecule has 0 radical (unpaired) electrons. The van der Waals surface area contributed by atoms with Crippen molar-refractivity contribution in [2.45, 2.75) is 45.7 Å². The van der Waals surface area contributed by atoms with E-state index in [1.807, 2.05) is 17.0 Å². The molecule has 1 aromatic carbocycles. The molecular weight excluding hydrogens is 317 g/mol. The monoisotopic (exact) mass is 347 g/mol. The van der Waals surface area contributed by atoms with E-state index >= 15 is 0 Å². The van der Waals surface area contributed by atoms with E-state index in [0.29, 0.717) is 12.0 Å². The largest absolute Gasteiger partial charge is 0.325 e. The summed E-state index contributed by atoms with van der Waals surface area (Å²) in [6, 6.07) is 7.34. The third-order valence-corrected chi connectivity index (χ3v) is 5.47. The van der Waals surface area contributed by atoms with Crippen LogP contribution < -0.4 is 0 Å². The average molecular weight is 347 g/mol.